The Hall–Kier alpha value is -0.320. The van der Waals surface area contributed by atoms with Gasteiger partial charge in [-0.15, -0.1) is 11.6 Å². The van der Waals surface area contributed by atoms with Gasteiger partial charge >= 0.3 is 5.97 Å². The van der Waals surface area contributed by atoms with Gasteiger partial charge in [-0.2, -0.15) is 0 Å². The van der Waals surface area contributed by atoms with E-state index in [1.807, 2.05) is 20.8 Å². The topological polar surface area (TPSA) is 44.8 Å². The van der Waals surface area contributed by atoms with Crippen molar-refractivity contribution in [3.05, 3.63) is 0 Å². The molecule has 1 aliphatic rings. The van der Waals surface area contributed by atoms with Crippen LogP contribution in [0.2, 0.25) is 0 Å². The van der Waals surface area contributed by atoms with E-state index in [9.17, 15) is 4.79 Å². The van der Waals surface area contributed by atoms with Crippen molar-refractivity contribution in [2.75, 3.05) is 13.7 Å². The SMILES string of the molecule is COC(=O)[C@@H](Cl)[C@H](C)[C@H]1COC(C)(C)O1. The summed E-state index contributed by atoms with van der Waals surface area (Å²) in [7, 11) is 1.32. The number of carbonyl (C=O) groups is 1. The van der Waals surface area contributed by atoms with Gasteiger partial charge in [0, 0.05) is 5.92 Å². The first kappa shape index (κ1) is 12.7. The Kier molecular flexibility index (Phi) is 3.98. The van der Waals surface area contributed by atoms with Crippen LogP contribution in [-0.4, -0.2) is 37.0 Å². The van der Waals surface area contributed by atoms with Gasteiger partial charge in [-0.1, -0.05) is 6.92 Å². The van der Waals surface area contributed by atoms with Crippen LogP contribution in [0.15, 0.2) is 0 Å². The smallest absolute Gasteiger partial charge is 0.324 e. The summed E-state index contributed by atoms with van der Waals surface area (Å²) in [6.07, 6.45) is -0.165. The van der Waals surface area contributed by atoms with Crippen LogP contribution in [0.4, 0.5) is 0 Å². The zero-order valence-corrected chi connectivity index (χ0v) is 10.2. The average molecular weight is 237 g/mol. The molecule has 3 atom stereocenters. The lowest BCUT2D eigenvalue weighted by Gasteiger charge is -2.23. The first-order valence-corrected chi connectivity index (χ1v) is 5.34. The lowest BCUT2D eigenvalue weighted by atomic mass is 10.0. The Morgan fingerprint density at radius 3 is 2.60 bits per heavy atom. The highest BCUT2D eigenvalue weighted by molar-refractivity contribution is 6.30. The van der Waals surface area contributed by atoms with Crippen LogP contribution in [-0.2, 0) is 19.0 Å². The maximum Gasteiger partial charge on any atom is 0.324 e. The summed E-state index contributed by atoms with van der Waals surface area (Å²) in [6, 6.07) is 0. The Labute approximate surface area is 94.8 Å². The molecule has 88 valence electrons. The van der Waals surface area contributed by atoms with E-state index in [0.717, 1.165) is 0 Å². The molecule has 0 aliphatic carbocycles. The second kappa shape index (κ2) is 4.68. The Balaban J connectivity index is 2.55. The summed E-state index contributed by atoms with van der Waals surface area (Å²) < 4.78 is 15.6. The van der Waals surface area contributed by atoms with Crippen molar-refractivity contribution in [3.63, 3.8) is 0 Å². The summed E-state index contributed by atoms with van der Waals surface area (Å²) in [6.45, 7) is 5.97. The largest absolute Gasteiger partial charge is 0.468 e. The first-order valence-electron chi connectivity index (χ1n) is 4.91. The molecule has 0 amide bonds. The normalized spacial score (nSPS) is 28.5. The Morgan fingerprint density at radius 2 is 2.20 bits per heavy atom. The second-order valence-electron chi connectivity index (χ2n) is 4.15. The molecule has 5 heteroatoms. The van der Waals surface area contributed by atoms with E-state index >= 15 is 0 Å². The summed E-state index contributed by atoms with van der Waals surface area (Å²) in [4.78, 5) is 11.2. The molecule has 0 bridgehead atoms. The highest BCUT2D eigenvalue weighted by Crippen LogP contribution is 2.29. The van der Waals surface area contributed by atoms with Crippen molar-refractivity contribution in [2.24, 2.45) is 5.92 Å². The Morgan fingerprint density at radius 1 is 1.60 bits per heavy atom. The molecule has 0 saturated carbocycles. The fourth-order valence-corrected chi connectivity index (χ4v) is 1.74. The molecular formula is C10H17ClO4. The average Bonchev–Trinajstić information content (AvgIpc) is 2.55. The van der Waals surface area contributed by atoms with Crippen molar-refractivity contribution in [2.45, 2.75) is 38.0 Å². The molecule has 0 aromatic heterocycles. The molecule has 1 fully saturated rings. The fourth-order valence-electron chi connectivity index (χ4n) is 1.49. The van der Waals surface area contributed by atoms with Crippen molar-refractivity contribution in [1.82, 2.24) is 0 Å². The van der Waals surface area contributed by atoms with E-state index in [1.54, 1.807) is 0 Å². The van der Waals surface area contributed by atoms with E-state index in [-0.39, 0.29) is 12.0 Å². The molecule has 0 radical (unpaired) electrons. The summed E-state index contributed by atoms with van der Waals surface area (Å²) in [5.74, 6) is -1.16. The fraction of sp³-hybridized carbons (Fsp3) is 0.900. The van der Waals surface area contributed by atoms with Gasteiger partial charge in [0.2, 0.25) is 0 Å². The van der Waals surface area contributed by atoms with Crippen molar-refractivity contribution >= 4 is 17.6 Å². The number of methoxy groups -OCH3 is 1. The number of halogens is 1. The Bertz CT molecular complexity index is 242. The standard InChI is InChI=1S/C10H17ClO4/c1-6(8(11)9(12)13-4)7-5-14-10(2,3)15-7/h6-8H,5H2,1-4H3/t6-,7-,8+/m1/s1. The predicted octanol–water partition coefficient (Wildman–Crippen LogP) is 1.55. The van der Waals surface area contributed by atoms with Gasteiger partial charge in [-0.3, -0.25) is 4.79 Å². The zero-order valence-electron chi connectivity index (χ0n) is 9.45. The molecule has 1 saturated heterocycles. The maximum absolute atomic E-state index is 11.2. The third-order valence-electron chi connectivity index (χ3n) is 2.50. The van der Waals surface area contributed by atoms with E-state index < -0.39 is 17.1 Å². The molecule has 0 spiro atoms. The van der Waals surface area contributed by atoms with Crippen LogP contribution in [0.5, 0.6) is 0 Å². The number of esters is 1. The quantitative estimate of drug-likeness (QED) is 0.551. The molecular weight excluding hydrogens is 220 g/mol. The van der Waals surface area contributed by atoms with Gasteiger partial charge in [0.25, 0.3) is 0 Å². The van der Waals surface area contributed by atoms with E-state index in [1.165, 1.54) is 7.11 Å². The minimum Gasteiger partial charge on any atom is -0.468 e. The van der Waals surface area contributed by atoms with Crippen LogP contribution < -0.4 is 0 Å². The van der Waals surface area contributed by atoms with Crippen LogP contribution in [0.25, 0.3) is 0 Å². The number of hydrogen-bond acceptors (Lipinski definition) is 4. The van der Waals surface area contributed by atoms with Gasteiger partial charge < -0.3 is 14.2 Å². The van der Waals surface area contributed by atoms with E-state index in [2.05, 4.69) is 4.74 Å². The number of carbonyl (C=O) groups excluding carboxylic acids is 1. The van der Waals surface area contributed by atoms with Gasteiger partial charge in [0.1, 0.15) is 5.38 Å². The van der Waals surface area contributed by atoms with Crippen molar-refractivity contribution in [1.29, 1.82) is 0 Å². The molecule has 0 N–H and O–H groups in total. The number of rotatable bonds is 3. The third-order valence-corrected chi connectivity index (χ3v) is 3.08. The number of hydrogen-bond donors (Lipinski definition) is 0. The van der Waals surface area contributed by atoms with Gasteiger partial charge in [-0.05, 0) is 13.8 Å². The molecule has 1 heterocycles. The first-order chi connectivity index (χ1) is 6.87. The van der Waals surface area contributed by atoms with Crippen LogP contribution in [0.3, 0.4) is 0 Å². The summed E-state index contributed by atoms with van der Waals surface area (Å²) in [5, 5.41) is -0.697. The van der Waals surface area contributed by atoms with Crippen molar-refractivity contribution < 1.29 is 19.0 Å². The van der Waals surface area contributed by atoms with Gasteiger partial charge in [0.15, 0.2) is 5.79 Å². The van der Waals surface area contributed by atoms with Crippen molar-refractivity contribution in [3.8, 4) is 0 Å². The highest BCUT2D eigenvalue weighted by atomic mass is 35.5. The molecule has 1 rings (SSSR count). The maximum atomic E-state index is 11.2. The minimum absolute atomic E-state index is 0.138. The highest BCUT2D eigenvalue weighted by Gasteiger charge is 2.40. The zero-order chi connectivity index (χ0) is 11.6. The van der Waals surface area contributed by atoms with Crippen LogP contribution >= 0.6 is 11.6 Å². The lowest BCUT2D eigenvalue weighted by Crippen LogP contribution is -2.35. The molecule has 1 aliphatic heterocycles. The minimum atomic E-state index is -0.697. The number of alkyl halides is 1. The summed E-state index contributed by atoms with van der Waals surface area (Å²) in [5.41, 5.74) is 0. The van der Waals surface area contributed by atoms with Crippen LogP contribution in [0.1, 0.15) is 20.8 Å². The van der Waals surface area contributed by atoms with Crippen LogP contribution in [0, 0.1) is 5.92 Å². The molecule has 15 heavy (non-hydrogen) atoms. The molecule has 0 aromatic rings. The number of ether oxygens (including phenoxy) is 3. The molecule has 0 unspecified atom stereocenters. The second-order valence-corrected chi connectivity index (χ2v) is 4.62. The monoisotopic (exact) mass is 236 g/mol. The molecule has 4 nitrogen and oxygen atoms in total. The third kappa shape index (κ3) is 3.06. The van der Waals surface area contributed by atoms with Gasteiger partial charge in [-0.25, -0.2) is 0 Å². The molecule has 0 aromatic carbocycles. The van der Waals surface area contributed by atoms with E-state index in [4.69, 9.17) is 21.1 Å². The van der Waals surface area contributed by atoms with Gasteiger partial charge in [0.05, 0.1) is 19.8 Å². The lowest BCUT2D eigenvalue weighted by molar-refractivity contribution is -0.150. The summed E-state index contributed by atoms with van der Waals surface area (Å²) >= 11 is 5.94. The van der Waals surface area contributed by atoms with E-state index in [0.29, 0.717) is 6.61 Å². The predicted molar refractivity (Wildman–Crippen MR) is 55.7 cm³/mol.